The first-order chi connectivity index (χ1) is 8.71. The van der Waals surface area contributed by atoms with E-state index in [2.05, 4.69) is 10.6 Å². The normalized spacial score (nSPS) is 17.1. The van der Waals surface area contributed by atoms with Gasteiger partial charge in [-0.3, -0.25) is 9.00 Å². The van der Waals surface area contributed by atoms with E-state index in [4.69, 9.17) is 5.11 Å². The SMILES string of the molecule is CCC(C)(CNC(=O)NC(C)CCS(C)=O)C(=O)O. The summed E-state index contributed by atoms with van der Waals surface area (Å²) in [6.07, 6.45) is 2.68. The Labute approximate surface area is 116 Å². The minimum atomic E-state index is -0.953. The molecular weight excluding hydrogens is 268 g/mol. The van der Waals surface area contributed by atoms with E-state index >= 15 is 0 Å². The van der Waals surface area contributed by atoms with Gasteiger partial charge in [-0.05, 0) is 26.7 Å². The van der Waals surface area contributed by atoms with E-state index in [1.54, 1.807) is 20.1 Å². The number of hydrogen-bond acceptors (Lipinski definition) is 3. The molecule has 0 saturated heterocycles. The summed E-state index contributed by atoms with van der Waals surface area (Å²) in [7, 11) is -0.876. The highest BCUT2D eigenvalue weighted by molar-refractivity contribution is 7.84. The molecule has 6 nitrogen and oxygen atoms in total. The molecule has 0 aromatic heterocycles. The van der Waals surface area contributed by atoms with E-state index in [0.717, 1.165) is 0 Å². The Balaban J connectivity index is 4.11. The highest BCUT2D eigenvalue weighted by atomic mass is 32.2. The Morgan fingerprint density at radius 2 is 2.00 bits per heavy atom. The van der Waals surface area contributed by atoms with Crippen molar-refractivity contribution in [3.63, 3.8) is 0 Å². The molecule has 0 heterocycles. The Morgan fingerprint density at radius 3 is 2.42 bits per heavy atom. The molecule has 0 aromatic rings. The lowest BCUT2D eigenvalue weighted by Gasteiger charge is -2.24. The lowest BCUT2D eigenvalue weighted by Crippen LogP contribution is -2.47. The van der Waals surface area contributed by atoms with Gasteiger partial charge in [0.05, 0.1) is 5.41 Å². The fraction of sp³-hybridized carbons (Fsp3) is 0.833. The van der Waals surface area contributed by atoms with Crippen LogP contribution >= 0.6 is 0 Å². The smallest absolute Gasteiger partial charge is 0.315 e. The molecule has 3 atom stereocenters. The first kappa shape index (κ1) is 17.9. The monoisotopic (exact) mass is 292 g/mol. The summed E-state index contributed by atoms with van der Waals surface area (Å²) >= 11 is 0. The van der Waals surface area contributed by atoms with Gasteiger partial charge in [0.2, 0.25) is 0 Å². The number of hydrogen-bond donors (Lipinski definition) is 3. The molecule has 0 spiro atoms. The minimum absolute atomic E-state index is 0.0805. The molecule has 0 aliphatic heterocycles. The summed E-state index contributed by atoms with van der Waals surface area (Å²) in [5.41, 5.74) is -0.953. The third-order valence-corrected chi connectivity index (χ3v) is 3.96. The van der Waals surface area contributed by atoms with Crippen molar-refractivity contribution in [3.8, 4) is 0 Å². The third kappa shape index (κ3) is 7.15. The lowest BCUT2D eigenvalue weighted by molar-refractivity contribution is -0.147. The molecule has 0 aromatic carbocycles. The molecule has 0 aliphatic rings. The van der Waals surface area contributed by atoms with E-state index < -0.39 is 28.2 Å². The molecular formula is C12H24N2O4S. The summed E-state index contributed by atoms with van der Waals surface area (Å²) < 4.78 is 10.9. The highest BCUT2D eigenvalue weighted by Crippen LogP contribution is 2.19. The molecule has 0 aliphatic carbocycles. The van der Waals surface area contributed by atoms with E-state index in [1.165, 1.54) is 0 Å². The van der Waals surface area contributed by atoms with Crippen molar-refractivity contribution in [3.05, 3.63) is 0 Å². The number of aliphatic carboxylic acids is 1. The Kier molecular flexibility index (Phi) is 7.66. The first-order valence-electron chi connectivity index (χ1n) is 6.29. The highest BCUT2D eigenvalue weighted by Gasteiger charge is 2.31. The molecule has 0 bridgehead atoms. The van der Waals surface area contributed by atoms with Crippen LogP contribution in [0.4, 0.5) is 4.79 Å². The van der Waals surface area contributed by atoms with Crippen LogP contribution in [0.2, 0.25) is 0 Å². The van der Waals surface area contributed by atoms with E-state index in [-0.39, 0.29) is 12.6 Å². The quantitative estimate of drug-likeness (QED) is 0.620. The molecule has 2 amide bonds. The zero-order chi connectivity index (χ0) is 15.1. The Morgan fingerprint density at radius 1 is 1.42 bits per heavy atom. The number of nitrogens with one attached hydrogen (secondary N) is 2. The molecule has 112 valence electrons. The van der Waals surface area contributed by atoms with Gasteiger partial charge in [-0.1, -0.05) is 6.92 Å². The fourth-order valence-corrected chi connectivity index (χ4v) is 2.00. The number of urea groups is 1. The van der Waals surface area contributed by atoms with E-state index in [1.807, 2.05) is 6.92 Å². The maximum atomic E-state index is 11.6. The van der Waals surface area contributed by atoms with Crippen LogP contribution in [-0.2, 0) is 15.6 Å². The largest absolute Gasteiger partial charge is 0.481 e. The van der Waals surface area contributed by atoms with Crippen LogP contribution in [0, 0.1) is 5.41 Å². The topological polar surface area (TPSA) is 95.5 Å². The second-order valence-corrected chi connectivity index (χ2v) is 6.57. The number of amides is 2. The number of carbonyl (C=O) groups is 2. The first-order valence-corrected chi connectivity index (χ1v) is 8.01. The standard InChI is InChI=1S/C12H24N2O4S/c1-5-12(3,10(15)16)8-13-11(17)14-9(2)6-7-19(4)18/h9H,5-8H2,1-4H3,(H,15,16)(H2,13,14,17). The maximum absolute atomic E-state index is 11.6. The van der Waals surface area contributed by atoms with Gasteiger partial charge in [0, 0.05) is 35.4 Å². The van der Waals surface area contributed by atoms with Gasteiger partial charge in [0.25, 0.3) is 0 Å². The third-order valence-electron chi connectivity index (χ3n) is 3.15. The molecule has 3 N–H and O–H groups in total. The van der Waals surface area contributed by atoms with Crippen molar-refractivity contribution in [2.75, 3.05) is 18.6 Å². The van der Waals surface area contributed by atoms with E-state index in [9.17, 15) is 13.8 Å². The van der Waals surface area contributed by atoms with Crippen LogP contribution < -0.4 is 10.6 Å². The molecule has 0 fully saturated rings. The number of rotatable bonds is 8. The van der Waals surface area contributed by atoms with Crippen molar-refractivity contribution >= 4 is 22.8 Å². The second kappa shape index (κ2) is 8.14. The van der Waals surface area contributed by atoms with Crippen LogP contribution in [0.15, 0.2) is 0 Å². The van der Waals surface area contributed by atoms with Gasteiger partial charge in [-0.2, -0.15) is 0 Å². The van der Waals surface area contributed by atoms with Crippen molar-refractivity contribution < 1.29 is 18.9 Å². The summed E-state index contributed by atoms with van der Waals surface area (Å²) in [6.45, 7) is 5.27. The van der Waals surface area contributed by atoms with Crippen molar-refractivity contribution in [1.82, 2.24) is 10.6 Å². The molecule has 0 saturated carbocycles. The number of carboxylic acids is 1. The minimum Gasteiger partial charge on any atom is -0.481 e. The van der Waals surface area contributed by atoms with Crippen LogP contribution in [-0.4, -0.2) is 45.9 Å². The molecule has 7 heteroatoms. The number of carboxylic acid groups (broad SMARTS) is 1. The molecule has 3 unspecified atom stereocenters. The Hall–Kier alpha value is -1.11. The van der Waals surface area contributed by atoms with Gasteiger partial charge in [0.15, 0.2) is 0 Å². The average Bonchev–Trinajstić information content (AvgIpc) is 2.33. The zero-order valence-electron chi connectivity index (χ0n) is 12.0. The summed E-state index contributed by atoms with van der Waals surface area (Å²) in [4.78, 5) is 22.7. The predicted octanol–water partition coefficient (Wildman–Crippen LogP) is 0.944. The zero-order valence-corrected chi connectivity index (χ0v) is 12.8. The van der Waals surface area contributed by atoms with Gasteiger partial charge in [-0.15, -0.1) is 0 Å². The molecule has 0 rings (SSSR count). The summed E-state index contributed by atoms with van der Waals surface area (Å²) in [5, 5.41) is 14.3. The summed E-state index contributed by atoms with van der Waals surface area (Å²) in [6, 6.07) is -0.489. The summed E-state index contributed by atoms with van der Waals surface area (Å²) in [5.74, 6) is -0.395. The second-order valence-electron chi connectivity index (χ2n) is 5.01. The van der Waals surface area contributed by atoms with Gasteiger partial charge in [0.1, 0.15) is 0 Å². The van der Waals surface area contributed by atoms with Gasteiger partial charge in [-0.25, -0.2) is 4.79 Å². The lowest BCUT2D eigenvalue weighted by atomic mass is 9.88. The van der Waals surface area contributed by atoms with E-state index in [0.29, 0.717) is 18.6 Å². The van der Waals surface area contributed by atoms with Gasteiger partial charge >= 0.3 is 12.0 Å². The van der Waals surface area contributed by atoms with Gasteiger partial charge < -0.3 is 15.7 Å². The van der Waals surface area contributed by atoms with Crippen molar-refractivity contribution in [2.45, 2.75) is 39.7 Å². The Bertz CT molecular complexity index is 349. The maximum Gasteiger partial charge on any atom is 0.315 e. The fourth-order valence-electron chi connectivity index (χ4n) is 1.32. The molecule has 19 heavy (non-hydrogen) atoms. The van der Waals surface area contributed by atoms with Crippen LogP contribution in [0.5, 0.6) is 0 Å². The van der Waals surface area contributed by atoms with Crippen molar-refractivity contribution in [1.29, 1.82) is 0 Å². The molecule has 0 radical (unpaired) electrons. The predicted molar refractivity (Wildman–Crippen MR) is 75.6 cm³/mol. The van der Waals surface area contributed by atoms with Crippen LogP contribution in [0.3, 0.4) is 0 Å². The van der Waals surface area contributed by atoms with Crippen LogP contribution in [0.25, 0.3) is 0 Å². The van der Waals surface area contributed by atoms with Crippen molar-refractivity contribution in [2.24, 2.45) is 5.41 Å². The number of carbonyl (C=O) groups excluding carboxylic acids is 1. The average molecular weight is 292 g/mol. The van der Waals surface area contributed by atoms with Crippen LogP contribution in [0.1, 0.15) is 33.6 Å².